The molecule has 1 fully saturated rings. The molecule has 1 aromatic rings. The molecule has 49 heavy (non-hydrogen) atoms. The van der Waals surface area contributed by atoms with E-state index in [1.54, 1.807) is 0 Å². The Morgan fingerprint density at radius 1 is 0.673 bits per heavy atom. The van der Waals surface area contributed by atoms with Gasteiger partial charge in [-0.25, -0.2) is 0 Å². The first kappa shape index (κ1) is 45.7. The summed E-state index contributed by atoms with van der Waals surface area (Å²) in [5.74, 6) is -0.0240. The van der Waals surface area contributed by atoms with Crippen LogP contribution in [0, 0.1) is 0 Å². The topological polar surface area (TPSA) is 62.8 Å². The van der Waals surface area contributed by atoms with Crippen LogP contribution >= 0.6 is 12.4 Å². The van der Waals surface area contributed by atoms with Crippen molar-refractivity contribution in [2.45, 2.75) is 174 Å². The number of carbonyl (C=O) groups excluding carboxylic acids is 1. The highest BCUT2D eigenvalue weighted by molar-refractivity contribution is 5.99. The lowest BCUT2D eigenvalue weighted by Crippen LogP contribution is -2.44. The van der Waals surface area contributed by atoms with Crippen molar-refractivity contribution in [2.75, 3.05) is 57.4 Å². The van der Waals surface area contributed by atoms with Crippen LogP contribution in [0.4, 0.5) is 5.69 Å². The summed E-state index contributed by atoms with van der Waals surface area (Å²) in [7, 11) is 0. The van der Waals surface area contributed by atoms with E-state index in [2.05, 4.69) is 35.4 Å². The predicted octanol–water partition coefficient (Wildman–Crippen LogP) is 11.1. The molecular weight excluding hydrogens is 630 g/mol. The largest absolute Gasteiger partial charge is 0.379 e. The molecule has 2 rings (SSSR count). The number of hydrogen-bond acceptors (Lipinski definition) is 5. The fourth-order valence-electron chi connectivity index (χ4n) is 6.77. The summed E-state index contributed by atoms with van der Waals surface area (Å²) in [6, 6.07) is 8.00. The summed E-state index contributed by atoms with van der Waals surface area (Å²) in [5.41, 5.74) is 1.77. The summed E-state index contributed by atoms with van der Waals surface area (Å²) >= 11 is 0. The molecular formula is C42H78ClN3O3. The van der Waals surface area contributed by atoms with Gasteiger partial charge in [0.1, 0.15) is 0 Å². The molecule has 2 N–H and O–H groups in total. The maximum atomic E-state index is 13.4. The molecule has 0 aromatic heterocycles. The Hall–Kier alpha value is -1.34. The first-order chi connectivity index (χ1) is 23.8. The van der Waals surface area contributed by atoms with Gasteiger partial charge in [-0.3, -0.25) is 4.79 Å². The minimum absolute atomic E-state index is 0. The van der Waals surface area contributed by atoms with Crippen molar-refractivity contribution in [3.8, 4) is 0 Å². The molecule has 286 valence electrons. The van der Waals surface area contributed by atoms with Gasteiger partial charge in [-0.15, -0.1) is 12.4 Å². The monoisotopic (exact) mass is 708 g/mol. The highest BCUT2D eigenvalue weighted by atomic mass is 35.5. The second-order valence-electron chi connectivity index (χ2n) is 14.3. The molecule has 1 aliphatic heterocycles. The van der Waals surface area contributed by atoms with Gasteiger partial charge < -0.3 is 25.0 Å². The third kappa shape index (κ3) is 24.5. The average Bonchev–Trinajstić information content (AvgIpc) is 3.12. The number of anilines is 1. The van der Waals surface area contributed by atoms with Crippen LogP contribution in [0.5, 0.6) is 0 Å². The second kappa shape index (κ2) is 33.8. The minimum Gasteiger partial charge on any atom is -0.379 e. The Kier molecular flexibility index (Phi) is 31.5. The molecule has 1 unspecified atom stereocenters. The molecule has 0 radical (unpaired) electrons. The molecule has 1 aliphatic rings. The zero-order valence-electron chi connectivity index (χ0n) is 32.1. The van der Waals surface area contributed by atoms with Gasteiger partial charge in [0.25, 0.3) is 5.91 Å². The van der Waals surface area contributed by atoms with Crippen LogP contribution in [-0.2, 0) is 9.47 Å². The summed E-state index contributed by atoms with van der Waals surface area (Å²) in [6.45, 7) is 10.8. The van der Waals surface area contributed by atoms with E-state index in [4.69, 9.17) is 9.47 Å². The number of nitrogens with zero attached hydrogens (tertiary/aromatic N) is 1. The number of rotatable bonds is 33. The summed E-state index contributed by atoms with van der Waals surface area (Å²) in [6.07, 6.45) is 32.1. The van der Waals surface area contributed by atoms with E-state index in [-0.39, 0.29) is 24.4 Å². The van der Waals surface area contributed by atoms with E-state index in [0.29, 0.717) is 13.2 Å². The Morgan fingerprint density at radius 3 is 1.63 bits per heavy atom. The minimum atomic E-state index is -0.120. The molecule has 7 heteroatoms. The highest BCUT2D eigenvalue weighted by Gasteiger charge is 2.19. The van der Waals surface area contributed by atoms with Crippen molar-refractivity contribution in [1.82, 2.24) is 10.6 Å². The fourth-order valence-corrected chi connectivity index (χ4v) is 6.77. The number of benzene rings is 1. The van der Waals surface area contributed by atoms with E-state index in [1.165, 1.54) is 141 Å². The highest BCUT2D eigenvalue weighted by Crippen LogP contribution is 2.21. The van der Waals surface area contributed by atoms with Gasteiger partial charge in [0.2, 0.25) is 0 Å². The normalized spacial score (nSPS) is 13.7. The Bertz CT molecular complexity index is 867. The van der Waals surface area contributed by atoms with Crippen LogP contribution in [0.15, 0.2) is 24.3 Å². The molecule has 6 nitrogen and oxygen atoms in total. The Balaban J connectivity index is 0.0000120. The van der Waals surface area contributed by atoms with Crippen LogP contribution in [-0.4, -0.2) is 64.6 Å². The smallest absolute Gasteiger partial charge is 0.253 e. The number of ether oxygens (including phenoxy) is 2. The number of carbonyl (C=O) groups is 1. The predicted molar refractivity (Wildman–Crippen MR) is 214 cm³/mol. The van der Waals surface area contributed by atoms with E-state index in [0.717, 1.165) is 63.5 Å². The molecule has 0 aliphatic carbocycles. The van der Waals surface area contributed by atoms with Gasteiger partial charge >= 0.3 is 0 Å². The number of piperazine rings is 1. The first-order valence-electron chi connectivity index (χ1n) is 20.8. The summed E-state index contributed by atoms with van der Waals surface area (Å²) in [5, 5.41) is 6.59. The van der Waals surface area contributed by atoms with E-state index in [1.807, 2.05) is 18.2 Å². The molecule has 1 atom stereocenters. The maximum Gasteiger partial charge on any atom is 0.253 e. The molecule has 1 amide bonds. The van der Waals surface area contributed by atoms with Crippen molar-refractivity contribution in [1.29, 1.82) is 0 Å². The molecule has 0 bridgehead atoms. The van der Waals surface area contributed by atoms with Crippen LogP contribution in [0.25, 0.3) is 0 Å². The van der Waals surface area contributed by atoms with Crippen LogP contribution in [0.3, 0.4) is 0 Å². The third-order valence-corrected chi connectivity index (χ3v) is 9.89. The summed E-state index contributed by atoms with van der Waals surface area (Å²) in [4.78, 5) is 15.7. The average molecular weight is 709 g/mol. The molecule has 1 heterocycles. The summed E-state index contributed by atoms with van der Waals surface area (Å²) < 4.78 is 12.4. The molecule has 0 spiro atoms. The van der Waals surface area contributed by atoms with E-state index < -0.39 is 0 Å². The van der Waals surface area contributed by atoms with Gasteiger partial charge in [0, 0.05) is 51.6 Å². The zero-order chi connectivity index (χ0) is 34.2. The fraction of sp³-hybridized carbons (Fsp3) is 0.833. The lowest BCUT2D eigenvalue weighted by molar-refractivity contribution is -0.0170. The number of halogens is 1. The van der Waals surface area contributed by atoms with E-state index >= 15 is 0 Å². The molecule has 1 aromatic carbocycles. The van der Waals surface area contributed by atoms with Gasteiger partial charge in [-0.1, -0.05) is 167 Å². The van der Waals surface area contributed by atoms with Crippen molar-refractivity contribution in [2.24, 2.45) is 0 Å². The van der Waals surface area contributed by atoms with Crippen LogP contribution < -0.4 is 15.5 Å². The standard InChI is InChI=1S/C42H77N3O3.ClH/c1-3-5-7-9-11-13-15-17-19-21-23-27-35-47-38-39(48-36-28-24-22-20-18-16-14-12-10-8-6-4-2)37-44-42(46)40-29-25-26-30-41(40)45-33-31-43-32-34-45;/h25-26,29-30,39,43H,3-24,27-28,31-38H2,1-2H3,(H,44,46);1H. The number of hydrogen-bond donors (Lipinski definition) is 2. The quantitative estimate of drug-likeness (QED) is 0.0712. The third-order valence-electron chi connectivity index (χ3n) is 9.89. The number of unbranched alkanes of at least 4 members (excludes halogenated alkanes) is 22. The Morgan fingerprint density at radius 2 is 1.12 bits per heavy atom. The van der Waals surface area contributed by atoms with Gasteiger partial charge in [0.05, 0.1) is 18.3 Å². The zero-order valence-corrected chi connectivity index (χ0v) is 32.9. The van der Waals surface area contributed by atoms with Gasteiger partial charge in [0.15, 0.2) is 0 Å². The van der Waals surface area contributed by atoms with Gasteiger partial charge in [-0.05, 0) is 25.0 Å². The van der Waals surface area contributed by atoms with Crippen LogP contribution in [0.1, 0.15) is 178 Å². The molecule has 0 saturated carbocycles. The SMILES string of the molecule is CCCCCCCCCCCCCCOCC(CNC(=O)c1ccccc1N1CCNCC1)OCCCCCCCCCCCCCC.Cl. The lowest BCUT2D eigenvalue weighted by Gasteiger charge is -2.31. The van der Waals surface area contributed by atoms with Gasteiger partial charge in [-0.2, -0.15) is 0 Å². The number of para-hydroxylation sites is 1. The Labute approximate surface area is 309 Å². The molecule has 1 saturated heterocycles. The van der Waals surface area contributed by atoms with Crippen molar-refractivity contribution in [3.63, 3.8) is 0 Å². The van der Waals surface area contributed by atoms with E-state index in [9.17, 15) is 4.79 Å². The maximum absolute atomic E-state index is 13.4. The number of nitrogens with one attached hydrogen (secondary N) is 2. The van der Waals surface area contributed by atoms with Crippen LogP contribution in [0.2, 0.25) is 0 Å². The first-order valence-corrected chi connectivity index (χ1v) is 20.8. The second-order valence-corrected chi connectivity index (χ2v) is 14.3. The van der Waals surface area contributed by atoms with Crippen molar-refractivity contribution in [3.05, 3.63) is 29.8 Å². The van der Waals surface area contributed by atoms with Crippen molar-refractivity contribution < 1.29 is 14.3 Å². The number of amides is 1. The lowest BCUT2D eigenvalue weighted by atomic mass is 10.1. The van der Waals surface area contributed by atoms with Crippen molar-refractivity contribution >= 4 is 24.0 Å².